The standard InChI is InChI=1S/C13H17N3O4/c1-4-20-7-10-6-14-9(3)15-12(10)16-11(17)5-8(2)13(18)19/h5-6H,4,7H2,1-3H3,(H,18,19)(H,14,15,16,17). The van der Waals surface area contributed by atoms with Crippen molar-refractivity contribution in [3.05, 3.63) is 29.2 Å². The molecule has 0 aliphatic carbocycles. The van der Waals surface area contributed by atoms with Crippen molar-refractivity contribution in [1.29, 1.82) is 0 Å². The number of aliphatic carboxylic acids is 1. The predicted molar refractivity (Wildman–Crippen MR) is 72.1 cm³/mol. The summed E-state index contributed by atoms with van der Waals surface area (Å²) in [5, 5.41) is 11.3. The predicted octanol–water partition coefficient (Wildman–Crippen LogP) is 1.29. The summed E-state index contributed by atoms with van der Waals surface area (Å²) in [6, 6.07) is 0. The van der Waals surface area contributed by atoms with Crippen molar-refractivity contribution in [2.75, 3.05) is 11.9 Å². The van der Waals surface area contributed by atoms with Crippen LogP contribution in [0.4, 0.5) is 5.82 Å². The molecule has 7 heteroatoms. The summed E-state index contributed by atoms with van der Waals surface area (Å²) in [5.74, 6) is -0.876. The summed E-state index contributed by atoms with van der Waals surface area (Å²) in [5.41, 5.74) is 0.576. The number of ether oxygens (including phenoxy) is 1. The van der Waals surface area contributed by atoms with E-state index in [1.807, 2.05) is 6.92 Å². The fourth-order valence-electron chi connectivity index (χ4n) is 1.33. The number of nitrogens with one attached hydrogen (secondary N) is 1. The molecule has 0 radical (unpaired) electrons. The molecule has 0 bridgehead atoms. The SMILES string of the molecule is CCOCc1cnc(C)nc1NC(=O)C=C(C)C(=O)O. The molecule has 0 spiro atoms. The Hall–Kier alpha value is -2.28. The summed E-state index contributed by atoms with van der Waals surface area (Å²) in [7, 11) is 0. The normalized spacial score (nSPS) is 11.2. The lowest BCUT2D eigenvalue weighted by atomic mass is 10.2. The van der Waals surface area contributed by atoms with E-state index in [-0.39, 0.29) is 12.2 Å². The van der Waals surface area contributed by atoms with E-state index in [9.17, 15) is 9.59 Å². The molecule has 0 aliphatic heterocycles. The van der Waals surface area contributed by atoms with E-state index in [2.05, 4.69) is 15.3 Å². The van der Waals surface area contributed by atoms with E-state index in [0.29, 0.717) is 23.8 Å². The fourth-order valence-corrected chi connectivity index (χ4v) is 1.33. The Morgan fingerprint density at radius 2 is 2.20 bits per heavy atom. The summed E-state index contributed by atoms with van der Waals surface area (Å²) >= 11 is 0. The second-order valence-electron chi connectivity index (χ2n) is 4.05. The van der Waals surface area contributed by atoms with Crippen LogP contribution in [0.15, 0.2) is 17.8 Å². The molecule has 0 atom stereocenters. The molecule has 0 saturated heterocycles. The number of amides is 1. The Morgan fingerprint density at radius 1 is 1.50 bits per heavy atom. The zero-order valence-corrected chi connectivity index (χ0v) is 11.6. The average Bonchev–Trinajstić information content (AvgIpc) is 2.37. The van der Waals surface area contributed by atoms with Crippen LogP contribution in [0.5, 0.6) is 0 Å². The van der Waals surface area contributed by atoms with Crippen LogP contribution in [0.2, 0.25) is 0 Å². The Labute approximate surface area is 116 Å². The number of hydrogen-bond acceptors (Lipinski definition) is 5. The number of hydrogen-bond donors (Lipinski definition) is 2. The first-order valence-electron chi connectivity index (χ1n) is 6.06. The number of nitrogens with zero attached hydrogens (tertiary/aromatic N) is 2. The fraction of sp³-hybridized carbons (Fsp3) is 0.385. The second-order valence-corrected chi connectivity index (χ2v) is 4.05. The third-order valence-corrected chi connectivity index (χ3v) is 2.37. The van der Waals surface area contributed by atoms with Crippen LogP contribution < -0.4 is 5.32 Å². The zero-order chi connectivity index (χ0) is 15.1. The monoisotopic (exact) mass is 279 g/mol. The topological polar surface area (TPSA) is 101 Å². The molecule has 2 N–H and O–H groups in total. The molecule has 0 aromatic carbocycles. The Bertz CT molecular complexity index is 540. The van der Waals surface area contributed by atoms with Crippen LogP contribution >= 0.6 is 0 Å². The van der Waals surface area contributed by atoms with Gasteiger partial charge in [0, 0.05) is 30.0 Å². The van der Waals surface area contributed by atoms with Gasteiger partial charge in [-0.3, -0.25) is 4.79 Å². The molecule has 1 amide bonds. The molecule has 20 heavy (non-hydrogen) atoms. The maximum Gasteiger partial charge on any atom is 0.331 e. The minimum Gasteiger partial charge on any atom is -0.478 e. The van der Waals surface area contributed by atoms with E-state index in [1.165, 1.54) is 6.92 Å². The van der Waals surface area contributed by atoms with Crippen molar-refractivity contribution in [3.8, 4) is 0 Å². The van der Waals surface area contributed by atoms with Crippen molar-refractivity contribution in [3.63, 3.8) is 0 Å². The first kappa shape index (κ1) is 15.8. The van der Waals surface area contributed by atoms with Gasteiger partial charge in [-0.05, 0) is 20.8 Å². The highest BCUT2D eigenvalue weighted by atomic mass is 16.5. The van der Waals surface area contributed by atoms with E-state index < -0.39 is 11.9 Å². The Balaban J connectivity index is 2.90. The summed E-state index contributed by atoms with van der Waals surface area (Å²) < 4.78 is 5.26. The number of aromatic nitrogens is 2. The van der Waals surface area contributed by atoms with Crippen molar-refractivity contribution in [2.24, 2.45) is 0 Å². The number of carbonyl (C=O) groups excluding carboxylic acids is 1. The van der Waals surface area contributed by atoms with Crippen molar-refractivity contribution < 1.29 is 19.4 Å². The van der Waals surface area contributed by atoms with E-state index in [1.54, 1.807) is 13.1 Å². The molecular formula is C13H17N3O4. The number of aryl methyl sites for hydroxylation is 1. The third-order valence-electron chi connectivity index (χ3n) is 2.37. The molecule has 1 aromatic rings. The maximum absolute atomic E-state index is 11.7. The largest absolute Gasteiger partial charge is 0.478 e. The molecule has 0 unspecified atom stereocenters. The van der Waals surface area contributed by atoms with Gasteiger partial charge in [-0.2, -0.15) is 0 Å². The lowest BCUT2D eigenvalue weighted by Crippen LogP contribution is -2.15. The summed E-state index contributed by atoms with van der Waals surface area (Å²) in [6.45, 7) is 5.69. The average molecular weight is 279 g/mol. The van der Waals surface area contributed by atoms with E-state index in [4.69, 9.17) is 9.84 Å². The van der Waals surface area contributed by atoms with Crippen LogP contribution in [-0.4, -0.2) is 33.6 Å². The molecule has 1 rings (SSSR count). The van der Waals surface area contributed by atoms with Crippen molar-refractivity contribution in [2.45, 2.75) is 27.4 Å². The lowest BCUT2D eigenvalue weighted by molar-refractivity contribution is -0.132. The Morgan fingerprint density at radius 3 is 2.80 bits per heavy atom. The van der Waals surface area contributed by atoms with Gasteiger partial charge in [-0.1, -0.05) is 0 Å². The van der Waals surface area contributed by atoms with Crippen LogP contribution in [0.3, 0.4) is 0 Å². The molecule has 7 nitrogen and oxygen atoms in total. The second kappa shape index (κ2) is 7.34. The summed E-state index contributed by atoms with van der Waals surface area (Å²) in [4.78, 5) is 30.5. The Kier molecular flexibility index (Phi) is 5.79. The van der Waals surface area contributed by atoms with Crippen LogP contribution in [-0.2, 0) is 20.9 Å². The van der Waals surface area contributed by atoms with Crippen LogP contribution in [0, 0.1) is 6.92 Å². The molecular weight excluding hydrogens is 262 g/mol. The van der Waals surface area contributed by atoms with Gasteiger partial charge < -0.3 is 15.2 Å². The third kappa shape index (κ3) is 4.77. The minimum atomic E-state index is -1.14. The van der Waals surface area contributed by atoms with Gasteiger partial charge in [0.05, 0.1) is 6.61 Å². The molecule has 1 heterocycles. The zero-order valence-electron chi connectivity index (χ0n) is 11.6. The van der Waals surface area contributed by atoms with Gasteiger partial charge in [-0.25, -0.2) is 14.8 Å². The van der Waals surface area contributed by atoms with Gasteiger partial charge >= 0.3 is 5.97 Å². The molecule has 1 aromatic heterocycles. The van der Waals surface area contributed by atoms with Crippen LogP contribution in [0.25, 0.3) is 0 Å². The number of rotatable bonds is 6. The van der Waals surface area contributed by atoms with Gasteiger partial charge in [0.2, 0.25) is 5.91 Å². The van der Waals surface area contributed by atoms with Crippen molar-refractivity contribution >= 4 is 17.7 Å². The van der Waals surface area contributed by atoms with Gasteiger partial charge in [-0.15, -0.1) is 0 Å². The lowest BCUT2D eigenvalue weighted by Gasteiger charge is -2.09. The molecule has 0 fully saturated rings. The summed E-state index contributed by atoms with van der Waals surface area (Å²) in [6.07, 6.45) is 2.58. The number of carbonyl (C=O) groups is 2. The maximum atomic E-state index is 11.7. The first-order valence-corrected chi connectivity index (χ1v) is 6.06. The van der Waals surface area contributed by atoms with Crippen LogP contribution in [0.1, 0.15) is 25.2 Å². The van der Waals surface area contributed by atoms with E-state index >= 15 is 0 Å². The highest BCUT2D eigenvalue weighted by molar-refractivity contribution is 6.03. The van der Waals surface area contributed by atoms with E-state index in [0.717, 1.165) is 6.08 Å². The smallest absolute Gasteiger partial charge is 0.331 e. The number of carboxylic acids is 1. The van der Waals surface area contributed by atoms with Gasteiger partial charge in [0.15, 0.2) is 0 Å². The molecule has 0 aliphatic rings. The number of carboxylic acid groups (broad SMARTS) is 1. The highest BCUT2D eigenvalue weighted by Crippen LogP contribution is 2.13. The number of anilines is 1. The quantitative estimate of drug-likeness (QED) is 0.761. The molecule has 108 valence electrons. The minimum absolute atomic E-state index is 0.0559. The molecule has 0 saturated carbocycles. The van der Waals surface area contributed by atoms with Crippen molar-refractivity contribution in [1.82, 2.24) is 9.97 Å². The highest BCUT2D eigenvalue weighted by Gasteiger charge is 2.10. The first-order chi connectivity index (χ1) is 9.43. The van der Waals surface area contributed by atoms with Gasteiger partial charge in [0.1, 0.15) is 11.6 Å². The van der Waals surface area contributed by atoms with Gasteiger partial charge in [0.25, 0.3) is 0 Å².